The average Bonchev–Trinajstić information content (AvgIpc) is 2.79. The first-order valence-electron chi connectivity index (χ1n) is 5.70. The number of hydrogen-bond donors (Lipinski definition) is 0. The third kappa shape index (κ3) is 2.06. The molecule has 2 aromatic heterocycles. The standard InChI is InChI=1S/C12H14BrN3S/c1-12(2)3-4-16(6-12)10-8-5-9(13)17-11(8)15-7-14-10/h5,7H,3-4,6H2,1-2H3. The van der Waals surface area contributed by atoms with Gasteiger partial charge in [0.2, 0.25) is 0 Å². The molecule has 0 bridgehead atoms. The highest BCUT2D eigenvalue weighted by atomic mass is 79.9. The summed E-state index contributed by atoms with van der Waals surface area (Å²) in [5, 5.41) is 1.17. The average molecular weight is 312 g/mol. The molecular formula is C12H14BrN3S. The summed E-state index contributed by atoms with van der Waals surface area (Å²) < 4.78 is 1.12. The summed E-state index contributed by atoms with van der Waals surface area (Å²) >= 11 is 5.19. The molecule has 1 aliphatic heterocycles. The Labute approximate surface area is 113 Å². The topological polar surface area (TPSA) is 29.0 Å². The lowest BCUT2D eigenvalue weighted by molar-refractivity contribution is 0.418. The molecule has 90 valence electrons. The number of nitrogens with zero attached hydrogens (tertiary/aromatic N) is 3. The zero-order valence-corrected chi connectivity index (χ0v) is 12.3. The van der Waals surface area contributed by atoms with Crippen LogP contribution in [0.3, 0.4) is 0 Å². The highest BCUT2D eigenvalue weighted by Crippen LogP contribution is 2.37. The van der Waals surface area contributed by atoms with Crippen LogP contribution in [0.2, 0.25) is 0 Å². The number of hydrogen-bond acceptors (Lipinski definition) is 4. The van der Waals surface area contributed by atoms with Gasteiger partial charge in [-0.25, -0.2) is 9.97 Å². The van der Waals surface area contributed by atoms with Crippen LogP contribution in [-0.2, 0) is 0 Å². The molecule has 0 aromatic carbocycles. The van der Waals surface area contributed by atoms with E-state index in [-0.39, 0.29) is 0 Å². The summed E-state index contributed by atoms with van der Waals surface area (Å²) in [5.41, 5.74) is 0.393. The number of aromatic nitrogens is 2. The van der Waals surface area contributed by atoms with Crippen molar-refractivity contribution in [2.75, 3.05) is 18.0 Å². The molecule has 3 heterocycles. The van der Waals surface area contributed by atoms with E-state index in [1.165, 1.54) is 11.8 Å². The van der Waals surface area contributed by atoms with Crippen molar-refractivity contribution in [3.63, 3.8) is 0 Å². The van der Waals surface area contributed by atoms with Crippen LogP contribution in [0.15, 0.2) is 16.2 Å². The van der Waals surface area contributed by atoms with Gasteiger partial charge in [0.25, 0.3) is 0 Å². The quantitative estimate of drug-likeness (QED) is 0.804. The van der Waals surface area contributed by atoms with E-state index in [1.54, 1.807) is 17.7 Å². The third-order valence-electron chi connectivity index (χ3n) is 3.26. The van der Waals surface area contributed by atoms with Crippen molar-refractivity contribution >= 4 is 43.3 Å². The van der Waals surface area contributed by atoms with Gasteiger partial charge in [0.1, 0.15) is 17.0 Å². The van der Waals surface area contributed by atoms with Gasteiger partial charge in [-0.1, -0.05) is 13.8 Å². The lowest BCUT2D eigenvalue weighted by Crippen LogP contribution is -2.23. The molecule has 17 heavy (non-hydrogen) atoms. The second-order valence-electron chi connectivity index (χ2n) is 5.30. The van der Waals surface area contributed by atoms with Gasteiger partial charge in [-0.15, -0.1) is 11.3 Å². The molecule has 1 saturated heterocycles. The fourth-order valence-electron chi connectivity index (χ4n) is 2.36. The van der Waals surface area contributed by atoms with E-state index in [0.29, 0.717) is 5.41 Å². The number of anilines is 1. The number of fused-ring (bicyclic) bond motifs is 1. The Hall–Kier alpha value is -0.680. The van der Waals surface area contributed by atoms with Gasteiger partial charge in [-0.05, 0) is 33.8 Å². The number of halogens is 1. The van der Waals surface area contributed by atoms with Gasteiger partial charge in [0.05, 0.1) is 9.17 Å². The molecule has 0 N–H and O–H groups in total. The maximum absolute atomic E-state index is 4.47. The van der Waals surface area contributed by atoms with Crippen LogP contribution in [-0.4, -0.2) is 23.1 Å². The lowest BCUT2D eigenvalue weighted by Gasteiger charge is -2.20. The second kappa shape index (κ2) is 3.92. The van der Waals surface area contributed by atoms with Gasteiger partial charge in [0, 0.05) is 13.1 Å². The Bertz CT molecular complexity index is 564. The summed E-state index contributed by atoms with van der Waals surface area (Å²) in [4.78, 5) is 12.2. The molecule has 1 fully saturated rings. The first-order valence-corrected chi connectivity index (χ1v) is 7.31. The minimum Gasteiger partial charge on any atom is -0.355 e. The molecule has 0 amide bonds. The SMILES string of the molecule is CC1(C)CCN(c2ncnc3sc(Br)cc23)C1. The zero-order chi connectivity index (χ0) is 12.0. The molecule has 0 saturated carbocycles. The molecule has 0 aliphatic carbocycles. The van der Waals surface area contributed by atoms with Gasteiger partial charge < -0.3 is 4.90 Å². The minimum absolute atomic E-state index is 0.393. The first kappa shape index (κ1) is 11.4. The van der Waals surface area contributed by atoms with Gasteiger partial charge in [-0.2, -0.15) is 0 Å². The zero-order valence-electron chi connectivity index (χ0n) is 9.90. The van der Waals surface area contributed by atoms with Crippen LogP contribution in [0, 0.1) is 5.41 Å². The molecule has 0 atom stereocenters. The normalized spacial score (nSPS) is 19.1. The molecule has 5 heteroatoms. The molecular weight excluding hydrogens is 298 g/mol. The van der Waals surface area contributed by atoms with E-state index in [4.69, 9.17) is 0 Å². The fourth-order valence-corrected chi connectivity index (χ4v) is 3.77. The predicted molar refractivity (Wildman–Crippen MR) is 75.7 cm³/mol. The number of rotatable bonds is 1. The lowest BCUT2D eigenvalue weighted by atomic mass is 9.93. The highest BCUT2D eigenvalue weighted by Gasteiger charge is 2.30. The van der Waals surface area contributed by atoms with Crippen molar-refractivity contribution < 1.29 is 0 Å². The first-order chi connectivity index (χ1) is 8.05. The van der Waals surface area contributed by atoms with E-state index in [2.05, 4.69) is 50.7 Å². The smallest absolute Gasteiger partial charge is 0.140 e. The van der Waals surface area contributed by atoms with Crippen LogP contribution < -0.4 is 4.90 Å². The van der Waals surface area contributed by atoms with E-state index in [9.17, 15) is 0 Å². The monoisotopic (exact) mass is 311 g/mol. The Morgan fingerprint density at radius 2 is 2.24 bits per heavy atom. The maximum Gasteiger partial charge on any atom is 0.140 e. The molecule has 1 aliphatic rings. The van der Waals surface area contributed by atoms with Crippen molar-refractivity contribution in [2.45, 2.75) is 20.3 Å². The minimum atomic E-state index is 0.393. The molecule has 2 aromatic rings. The van der Waals surface area contributed by atoms with Gasteiger partial charge >= 0.3 is 0 Å². The van der Waals surface area contributed by atoms with E-state index in [1.807, 2.05) is 0 Å². The van der Waals surface area contributed by atoms with Crippen LogP contribution >= 0.6 is 27.3 Å². The van der Waals surface area contributed by atoms with Crippen LogP contribution in [0.1, 0.15) is 20.3 Å². The van der Waals surface area contributed by atoms with Crippen molar-refractivity contribution in [1.82, 2.24) is 9.97 Å². The summed E-state index contributed by atoms with van der Waals surface area (Å²) in [6.45, 7) is 6.79. The van der Waals surface area contributed by atoms with E-state index < -0.39 is 0 Å². The predicted octanol–water partition coefficient (Wildman–Crippen LogP) is 3.69. The molecule has 0 radical (unpaired) electrons. The summed E-state index contributed by atoms with van der Waals surface area (Å²) in [5.74, 6) is 1.09. The Kier molecular flexibility index (Phi) is 2.63. The van der Waals surface area contributed by atoms with Crippen molar-refractivity contribution in [2.24, 2.45) is 5.41 Å². The summed E-state index contributed by atoms with van der Waals surface area (Å²) in [7, 11) is 0. The third-order valence-corrected chi connectivity index (χ3v) is 4.80. The van der Waals surface area contributed by atoms with E-state index >= 15 is 0 Å². The summed E-state index contributed by atoms with van der Waals surface area (Å²) in [6, 6.07) is 2.13. The van der Waals surface area contributed by atoms with Crippen LogP contribution in [0.4, 0.5) is 5.82 Å². The van der Waals surface area contributed by atoms with Crippen LogP contribution in [0.25, 0.3) is 10.2 Å². The number of thiophene rings is 1. The molecule has 0 spiro atoms. The maximum atomic E-state index is 4.47. The molecule has 3 nitrogen and oxygen atoms in total. The van der Waals surface area contributed by atoms with Crippen LogP contribution in [0.5, 0.6) is 0 Å². The molecule has 3 rings (SSSR count). The fraction of sp³-hybridized carbons (Fsp3) is 0.500. The molecule has 0 unspecified atom stereocenters. The van der Waals surface area contributed by atoms with Crippen molar-refractivity contribution in [1.29, 1.82) is 0 Å². The Morgan fingerprint density at radius 3 is 2.94 bits per heavy atom. The highest BCUT2D eigenvalue weighted by molar-refractivity contribution is 9.11. The summed E-state index contributed by atoms with van der Waals surface area (Å²) in [6.07, 6.45) is 2.90. The largest absolute Gasteiger partial charge is 0.355 e. The van der Waals surface area contributed by atoms with Gasteiger partial charge in [0.15, 0.2) is 0 Å². The Balaban J connectivity index is 2.06. The van der Waals surface area contributed by atoms with Crippen molar-refractivity contribution in [3.8, 4) is 0 Å². The Morgan fingerprint density at radius 1 is 1.41 bits per heavy atom. The van der Waals surface area contributed by atoms with E-state index in [0.717, 1.165) is 27.5 Å². The van der Waals surface area contributed by atoms with Crippen molar-refractivity contribution in [3.05, 3.63) is 16.2 Å². The van der Waals surface area contributed by atoms with Gasteiger partial charge in [-0.3, -0.25) is 0 Å². The second-order valence-corrected chi connectivity index (χ2v) is 7.71.